The molecule has 1 aromatic carbocycles. The fourth-order valence-electron chi connectivity index (χ4n) is 1.77. The highest BCUT2D eigenvalue weighted by molar-refractivity contribution is 7.89. The second kappa shape index (κ2) is 4.17. The SMILES string of the molecule is Nc1cc(S(=O)(=O)N2CC[C@H](O)C2)ccc1O. The molecule has 1 fully saturated rings. The summed E-state index contributed by atoms with van der Waals surface area (Å²) in [6.45, 7) is 0.396. The highest BCUT2D eigenvalue weighted by Gasteiger charge is 2.31. The van der Waals surface area contributed by atoms with Gasteiger partial charge in [0.15, 0.2) is 0 Å². The Labute approximate surface area is 99.3 Å². The van der Waals surface area contributed by atoms with Gasteiger partial charge in [0.25, 0.3) is 0 Å². The molecule has 1 saturated heterocycles. The van der Waals surface area contributed by atoms with E-state index in [1.54, 1.807) is 0 Å². The highest BCUT2D eigenvalue weighted by Crippen LogP contribution is 2.26. The van der Waals surface area contributed by atoms with Gasteiger partial charge < -0.3 is 15.9 Å². The number of hydrogen-bond acceptors (Lipinski definition) is 5. The monoisotopic (exact) mass is 258 g/mol. The largest absolute Gasteiger partial charge is 0.506 e. The van der Waals surface area contributed by atoms with Crippen LogP contribution in [0.3, 0.4) is 0 Å². The number of sulfonamides is 1. The van der Waals surface area contributed by atoms with Crippen molar-refractivity contribution in [3.8, 4) is 5.75 Å². The van der Waals surface area contributed by atoms with Crippen molar-refractivity contribution in [2.75, 3.05) is 18.8 Å². The smallest absolute Gasteiger partial charge is 0.243 e. The van der Waals surface area contributed by atoms with Gasteiger partial charge in [-0.15, -0.1) is 0 Å². The van der Waals surface area contributed by atoms with Crippen LogP contribution in [0.5, 0.6) is 5.75 Å². The second-order valence-corrected chi connectivity index (χ2v) is 5.96. The number of aliphatic hydroxyl groups excluding tert-OH is 1. The lowest BCUT2D eigenvalue weighted by Gasteiger charge is -2.16. The number of rotatable bonds is 2. The summed E-state index contributed by atoms with van der Waals surface area (Å²) in [5.74, 6) is -0.148. The Morgan fingerprint density at radius 1 is 1.41 bits per heavy atom. The van der Waals surface area contributed by atoms with E-state index in [9.17, 15) is 18.6 Å². The molecule has 17 heavy (non-hydrogen) atoms. The summed E-state index contributed by atoms with van der Waals surface area (Å²) >= 11 is 0. The van der Waals surface area contributed by atoms with Crippen LogP contribution in [0.25, 0.3) is 0 Å². The fourth-order valence-corrected chi connectivity index (χ4v) is 3.30. The molecule has 94 valence electrons. The van der Waals surface area contributed by atoms with Gasteiger partial charge in [-0.3, -0.25) is 0 Å². The second-order valence-electron chi connectivity index (χ2n) is 4.03. The van der Waals surface area contributed by atoms with Crippen LogP contribution in [0.1, 0.15) is 6.42 Å². The van der Waals surface area contributed by atoms with E-state index in [2.05, 4.69) is 0 Å². The summed E-state index contributed by atoms with van der Waals surface area (Å²) < 4.78 is 25.5. The number of nitrogens with two attached hydrogens (primary N) is 1. The highest BCUT2D eigenvalue weighted by atomic mass is 32.2. The first-order valence-corrected chi connectivity index (χ1v) is 6.62. The molecule has 1 aliphatic heterocycles. The molecule has 7 heteroatoms. The molecular formula is C10H14N2O4S. The molecule has 0 bridgehead atoms. The lowest BCUT2D eigenvalue weighted by atomic mass is 10.3. The number of aromatic hydroxyl groups is 1. The maximum Gasteiger partial charge on any atom is 0.243 e. The average Bonchev–Trinajstić information content (AvgIpc) is 2.69. The zero-order valence-electron chi connectivity index (χ0n) is 9.07. The maximum atomic E-state index is 12.1. The Morgan fingerprint density at radius 3 is 2.65 bits per heavy atom. The Balaban J connectivity index is 2.35. The molecule has 0 unspecified atom stereocenters. The normalized spacial score (nSPS) is 21.8. The summed E-state index contributed by atoms with van der Waals surface area (Å²) in [5, 5.41) is 18.6. The number of phenols is 1. The average molecular weight is 258 g/mol. The van der Waals surface area contributed by atoms with Crippen molar-refractivity contribution >= 4 is 15.7 Å². The molecule has 6 nitrogen and oxygen atoms in total. The minimum atomic E-state index is -3.63. The number of aliphatic hydroxyl groups is 1. The van der Waals surface area contributed by atoms with Crippen LogP contribution in [0.2, 0.25) is 0 Å². The molecule has 1 heterocycles. The predicted molar refractivity (Wildman–Crippen MR) is 61.9 cm³/mol. The van der Waals surface area contributed by atoms with Gasteiger partial charge in [0.2, 0.25) is 10.0 Å². The Hall–Kier alpha value is -1.31. The van der Waals surface area contributed by atoms with E-state index < -0.39 is 16.1 Å². The Kier molecular flexibility index (Phi) is 2.98. The summed E-state index contributed by atoms with van der Waals surface area (Å²) in [4.78, 5) is 0.0295. The third kappa shape index (κ3) is 2.21. The third-order valence-electron chi connectivity index (χ3n) is 2.76. The van der Waals surface area contributed by atoms with Gasteiger partial charge in [-0.2, -0.15) is 4.31 Å². The first kappa shape index (κ1) is 12.2. The van der Waals surface area contributed by atoms with Gasteiger partial charge in [0.05, 0.1) is 16.7 Å². The van der Waals surface area contributed by atoms with Crippen molar-refractivity contribution in [2.45, 2.75) is 17.4 Å². The summed E-state index contributed by atoms with van der Waals surface area (Å²) in [6.07, 6.45) is -0.175. The fraction of sp³-hybridized carbons (Fsp3) is 0.400. The first-order chi connectivity index (χ1) is 7.91. The molecule has 0 aliphatic carbocycles. The van der Waals surface area contributed by atoms with E-state index in [1.807, 2.05) is 0 Å². The number of nitrogen functional groups attached to an aromatic ring is 1. The van der Waals surface area contributed by atoms with Gasteiger partial charge >= 0.3 is 0 Å². The van der Waals surface area contributed by atoms with Crippen molar-refractivity contribution < 1.29 is 18.6 Å². The zero-order chi connectivity index (χ0) is 12.6. The summed E-state index contributed by atoms with van der Waals surface area (Å²) in [7, 11) is -3.63. The number of benzene rings is 1. The molecule has 0 aromatic heterocycles. The van der Waals surface area contributed by atoms with Gasteiger partial charge in [-0.1, -0.05) is 0 Å². The number of hydrogen-bond donors (Lipinski definition) is 3. The molecule has 1 aliphatic rings. The molecule has 1 atom stereocenters. The van der Waals surface area contributed by atoms with E-state index in [-0.39, 0.29) is 22.9 Å². The van der Waals surface area contributed by atoms with Crippen LogP contribution in [-0.2, 0) is 10.0 Å². The molecule has 4 N–H and O–H groups in total. The van der Waals surface area contributed by atoms with E-state index in [4.69, 9.17) is 5.73 Å². The maximum absolute atomic E-state index is 12.1. The quantitative estimate of drug-likeness (QED) is 0.500. The Bertz CT molecular complexity index is 529. The molecular weight excluding hydrogens is 244 g/mol. The van der Waals surface area contributed by atoms with E-state index in [1.165, 1.54) is 22.5 Å². The number of β-amino-alcohol motifs (C(OH)–C–C–N with tert-alkyl or cyclic N) is 1. The molecule has 0 radical (unpaired) electrons. The van der Waals surface area contributed by atoms with Crippen molar-refractivity contribution in [2.24, 2.45) is 0 Å². The Morgan fingerprint density at radius 2 is 2.12 bits per heavy atom. The van der Waals surface area contributed by atoms with Gasteiger partial charge in [0.1, 0.15) is 5.75 Å². The summed E-state index contributed by atoms with van der Waals surface area (Å²) in [5.41, 5.74) is 5.48. The van der Waals surface area contributed by atoms with Gasteiger partial charge in [0, 0.05) is 13.1 Å². The lowest BCUT2D eigenvalue weighted by Crippen LogP contribution is -2.29. The molecule has 0 amide bonds. The number of nitrogens with zero attached hydrogens (tertiary/aromatic N) is 1. The number of phenolic OH excluding ortho intramolecular Hbond substituents is 1. The first-order valence-electron chi connectivity index (χ1n) is 5.18. The molecule has 1 aromatic rings. The van der Waals surface area contributed by atoms with Crippen LogP contribution in [0.4, 0.5) is 5.69 Å². The van der Waals surface area contributed by atoms with E-state index >= 15 is 0 Å². The minimum Gasteiger partial charge on any atom is -0.506 e. The van der Waals surface area contributed by atoms with Crippen molar-refractivity contribution in [1.82, 2.24) is 4.31 Å². The van der Waals surface area contributed by atoms with Crippen LogP contribution >= 0.6 is 0 Å². The van der Waals surface area contributed by atoms with Crippen LogP contribution in [-0.4, -0.2) is 42.1 Å². The minimum absolute atomic E-state index is 0.0193. The van der Waals surface area contributed by atoms with Crippen molar-refractivity contribution in [3.63, 3.8) is 0 Å². The number of anilines is 1. The standard InChI is InChI=1S/C10H14N2O4S/c11-9-5-8(1-2-10(9)14)17(15,16)12-4-3-7(13)6-12/h1-2,5,7,13-14H,3-4,6,11H2/t7-/m0/s1. The van der Waals surface area contributed by atoms with Gasteiger partial charge in [-0.25, -0.2) is 8.42 Å². The molecule has 0 saturated carbocycles. The lowest BCUT2D eigenvalue weighted by molar-refractivity contribution is 0.189. The van der Waals surface area contributed by atoms with Crippen LogP contribution in [0, 0.1) is 0 Å². The predicted octanol–water partition coefficient (Wildman–Crippen LogP) is -0.270. The van der Waals surface area contributed by atoms with Crippen molar-refractivity contribution in [3.05, 3.63) is 18.2 Å². The molecule has 0 spiro atoms. The third-order valence-corrected chi connectivity index (χ3v) is 4.62. The topological polar surface area (TPSA) is 104 Å². The van der Waals surface area contributed by atoms with E-state index in [0.717, 1.165) is 0 Å². The van der Waals surface area contributed by atoms with Crippen molar-refractivity contribution in [1.29, 1.82) is 0 Å². The van der Waals surface area contributed by atoms with Gasteiger partial charge in [-0.05, 0) is 24.6 Å². The van der Waals surface area contributed by atoms with E-state index in [0.29, 0.717) is 13.0 Å². The molecule has 2 rings (SSSR count). The van der Waals surface area contributed by atoms with Crippen LogP contribution < -0.4 is 5.73 Å². The zero-order valence-corrected chi connectivity index (χ0v) is 9.89. The van der Waals surface area contributed by atoms with Crippen LogP contribution in [0.15, 0.2) is 23.1 Å². The summed E-state index contributed by atoms with van der Waals surface area (Å²) in [6, 6.07) is 3.76.